The summed E-state index contributed by atoms with van der Waals surface area (Å²) >= 11 is 0. The van der Waals surface area contributed by atoms with Crippen molar-refractivity contribution in [1.82, 2.24) is 19.6 Å². The number of piperidine rings is 1. The maximum Gasteiger partial charge on any atom is 0.388 e. The predicted molar refractivity (Wildman–Crippen MR) is 257 cm³/mol. The average Bonchev–Trinajstić information content (AvgIpc) is 3.79. The number of aromatic amines is 1. The maximum absolute atomic E-state index is 14.2. The van der Waals surface area contributed by atoms with E-state index in [-0.39, 0.29) is 58.2 Å². The highest BCUT2D eigenvalue weighted by atomic mass is 32.2. The molecule has 5 aromatic rings. The Morgan fingerprint density at radius 2 is 1.76 bits per heavy atom. The smallest absolute Gasteiger partial charge is 0.388 e. The minimum atomic E-state index is -4.84. The van der Waals surface area contributed by atoms with E-state index in [9.17, 15) is 37.2 Å². The van der Waals surface area contributed by atoms with Crippen molar-refractivity contribution in [2.75, 3.05) is 44.4 Å². The van der Waals surface area contributed by atoms with E-state index in [4.69, 9.17) is 23.7 Å². The molecule has 2 saturated heterocycles. The number of halogens is 2. The fraction of sp³-hybridized carbons (Fsp3) is 0.490. The normalized spacial score (nSPS) is 23.7. The van der Waals surface area contributed by atoms with Crippen LogP contribution in [0.4, 0.5) is 20.2 Å². The van der Waals surface area contributed by atoms with Gasteiger partial charge in [0.2, 0.25) is 5.75 Å². The Kier molecular flexibility index (Phi) is 13.1. The number of sulfonamides is 1. The summed E-state index contributed by atoms with van der Waals surface area (Å²) < 4.78 is 86.6. The fourth-order valence-corrected chi connectivity index (χ4v) is 12.3. The minimum Gasteiger partial charge on any atom is -0.485 e. The van der Waals surface area contributed by atoms with Crippen LogP contribution < -0.4 is 28.6 Å². The SMILES string of the molecule is CC(C)c1ccccc1[C@H]1COCCN1C1CC2(CCN(c3ccc(C(=O)NS(=O)(=O)c4cc5c(c([N+](=O)[O-])c4)O[C@H](C4CCC(C)(O)CC4)CO5)c(Oc4cc5cc[nH]c5nc4OC(F)F)c3)CC2)C1. The van der Waals surface area contributed by atoms with Crippen molar-refractivity contribution in [3.63, 3.8) is 0 Å². The van der Waals surface area contributed by atoms with Crippen LogP contribution in [-0.2, 0) is 14.8 Å². The standard InChI is InChI=1S/C51H58F2N6O11S/c1-30(2)36-6-4-5-7-37(36)40-28-66-21-20-58(40)34-26-51(27-34)15-18-57(19-16-51)33-8-9-38(41(23-33)68-43-22-32-12-17-54-46(32)55-48(43)70-49(52)53)47(60)56-71(64,65)35-24-39(59(62)63)45-42(25-35)67-29-44(69-45)31-10-13-50(3,61)14-11-31/h4-9,12,17,22-25,30-31,34,40,44,49,61H,10-11,13-16,18-21,26-29H2,1-3H3,(H,54,55)(H,56,60)/t31?,40-,44+,50?/m1/s1. The molecule has 71 heavy (non-hydrogen) atoms. The van der Waals surface area contributed by atoms with E-state index in [0.29, 0.717) is 75.0 Å². The number of aliphatic hydroxyl groups is 1. The van der Waals surface area contributed by atoms with Crippen LogP contribution in [-0.4, -0.2) is 103 Å². The number of nitrogens with one attached hydrogen (secondary N) is 2. The number of hydrogen-bond donors (Lipinski definition) is 3. The van der Waals surface area contributed by atoms with Crippen LogP contribution in [0.1, 0.15) is 106 Å². The van der Waals surface area contributed by atoms with Gasteiger partial charge in [0.25, 0.3) is 21.8 Å². The largest absolute Gasteiger partial charge is 0.485 e. The summed E-state index contributed by atoms with van der Waals surface area (Å²) in [4.78, 5) is 37.0. The third kappa shape index (κ3) is 9.95. The molecule has 1 spiro atoms. The predicted octanol–water partition coefficient (Wildman–Crippen LogP) is 9.01. The average molecular weight is 1000 g/mol. The highest BCUT2D eigenvalue weighted by molar-refractivity contribution is 7.90. The molecule has 10 rings (SSSR count). The number of ether oxygens (including phenoxy) is 5. The number of nitrogens with zero attached hydrogens (tertiary/aromatic N) is 4. The van der Waals surface area contributed by atoms with Gasteiger partial charge in [0.15, 0.2) is 11.5 Å². The summed E-state index contributed by atoms with van der Waals surface area (Å²) in [5.41, 5.74) is 1.94. The van der Waals surface area contributed by atoms with E-state index in [2.05, 4.69) is 57.9 Å². The first-order valence-corrected chi connectivity index (χ1v) is 25.8. The Labute approximate surface area is 410 Å². The third-order valence-corrected chi connectivity index (χ3v) is 16.6. The number of nitro benzene ring substituents is 1. The molecule has 4 fully saturated rings. The molecular weight excluding hydrogens is 943 g/mol. The second-order valence-corrected chi connectivity index (χ2v) is 22.0. The topological polar surface area (TPSA) is 208 Å². The summed E-state index contributed by atoms with van der Waals surface area (Å²) in [6.45, 7) is 6.50. The van der Waals surface area contributed by atoms with E-state index in [1.807, 2.05) is 4.72 Å². The lowest BCUT2D eigenvalue weighted by Gasteiger charge is -2.57. The third-order valence-electron chi connectivity index (χ3n) is 15.3. The first-order valence-electron chi connectivity index (χ1n) is 24.3. The molecule has 2 atom stereocenters. The summed E-state index contributed by atoms with van der Waals surface area (Å²) in [6, 6.07) is 18.8. The highest BCUT2D eigenvalue weighted by Crippen LogP contribution is 2.54. The van der Waals surface area contributed by atoms with Gasteiger partial charge in [0, 0.05) is 61.1 Å². The lowest BCUT2D eigenvalue weighted by atomic mass is 9.59. The van der Waals surface area contributed by atoms with Gasteiger partial charge in [-0.15, -0.1) is 0 Å². The molecule has 3 aliphatic heterocycles. The highest BCUT2D eigenvalue weighted by Gasteiger charge is 2.50. The zero-order chi connectivity index (χ0) is 49.8. The molecule has 5 aliphatic rings. The Morgan fingerprint density at radius 1 is 1.00 bits per heavy atom. The number of H-pyrrole nitrogens is 1. The van der Waals surface area contributed by atoms with E-state index < -0.39 is 55.6 Å². The van der Waals surface area contributed by atoms with Crippen molar-refractivity contribution >= 4 is 38.3 Å². The van der Waals surface area contributed by atoms with Crippen molar-refractivity contribution in [2.45, 2.75) is 113 Å². The van der Waals surface area contributed by atoms with Crippen LogP contribution in [0.5, 0.6) is 28.9 Å². The number of alkyl halides is 2. The minimum absolute atomic E-state index is 0.0120. The summed E-state index contributed by atoms with van der Waals surface area (Å²) in [6.07, 6.45) is 7.18. The molecular formula is C51H58F2N6O11S. The van der Waals surface area contributed by atoms with Gasteiger partial charge in [-0.3, -0.25) is 19.8 Å². The lowest BCUT2D eigenvalue weighted by Crippen LogP contribution is -2.58. The van der Waals surface area contributed by atoms with Crippen LogP contribution >= 0.6 is 0 Å². The van der Waals surface area contributed by atoms with E-state index in [1.54, 1.807) is 31.3 Å². The fourth-order valence-electron chi connectivity index (χ4n) is 11.3. The van der Waals surface area contributed by atoms with Gasteiger partial charge >= 0.3 is 12.3 Å². The quantitative estimate of drug-likeness (QED) is 0.0743. The molecule has 2 aliphatic carbocycles. The zero-order valence-electron chi connectivity index (χ0n) is 39.8. The van der Waals surface area contributed by atoms with Crippen LogP contribution in [0.3, 0.4) is 0 Å². The Morgan fingerprint density at radius 3 is 2.49 bits per heavy atom. The van der Waals surface area contributed by atoms with E-state index in [1.165, 1.54) is 23.3 Å². The maximum atomic E-state index is 14.2. The first kappa shape index (κ1) is 48.5. The van der Waals surface area contributed by atoms with Gasteiger partial charge in [-0.25, -0.2) is 13.1 Å². The Balaban J connectivity index is 0.889. The number of amides is 1. The number of aromatic nitrogens is 2. The number of carbonyl (C=O) groups is 1. The molecule has 0 radical (unpaired) electrons. The molecule has 378 valence electrons. The molecule has 2 aromatic heterocycles. The number of anilines is 1. The second kappa shape index (κ2) is 19.2. The van der Waals surface area contributed by atoms with Gasteiger partial charge in [-0.1, -0.05) is 38.1 Å². The monoisotopic (exact) mass is 1000 g/mol. The van der Waals surface area contributed by atoms with E-state index >= 15 is 0 Å². The summed E-state index contributed by atoms with van der Waals surface area (Å²) in [5.74, 6) is -2.26. The molecule has 17 nitrogen and oxygen atoms in total. The number of morpholine rings is 1. The molecule has 1 amide bonds. The van der Waals surface area contributed by atoms with Crippen LogP contribution in [0, 0.1) is 21.4 Å². The van der Waals surface area contributed by atoms with Crippen LogP contribution in [0.2, 0.25) is 0 Å². The van der Waals surface area contributed by atoms with Gasteiger partial charge in [-0.2, -0.15) is 13.8 Å². The first-order chi connectivity index (χ1) is 33.9. The number of hydrogen-bond acceptors (Lipinski definition) is 14. The van der Waals surface area contributed by atoms with Crippen molar-refractivity contribution in [1.29, 1.82) is 0 Å². The Hall–Kier alpha value is -6.09. The van der Waals surface area contributed by atoms with Crippen LogP contribution in [0.25, 0.3) is 11.0 Å². The van der Waals surface area contributed by atoms with E-state index in [0.717, 1.165) is 44.4 Å². The molecule has 0 unspecified atom stereocenters. The summed E-state index contributed by atoms with van der Waals surface area (Å²) in [7, 11) is -4.84. The molecule has 20 heteroatoms. The van der Waals surface area contributed by atoms with Gasteiger partial charge in [-0.05, 0) is 111 Å². The number of rotatable bonds is 13. The van der Waals surface area contributed by atoms with Gasteiger partial charge < -0.3 is 38.7 Å². The van der Waals surface area contributed by atoms with Crippen molar-refractivity contribution in [3.8, 4) is 28.9 Å². The van der Waals surface area contributed by atoms with Gasteiger partial charge in [0.05, 0.1) is 40.2 Å². The zero-order valence-corrected chi connectivity index (χ0v) is 40.6. The lowest BCUT2D eigenvalue weighted by molar-refractivity contribution is -0.386. The molecule has 5 heterocycles. The second-order valence-electron chi connectivity index (χ2n) is 20.3. The van der Waals surface area contributed by atoms with Crippen LogP contribution in [0.15, 0.2) is 77.8 Å². The number of carbonyl (C=O) groups excluding carboxylic acids is 1. The van der Waals surface area contributed by atoms with Crippen molar-refractivity contribution < 1.29 is 55.7 Å². The molecule has 2 saturated carbocycles. The number of pyridine rings is 1. The molecule has 3 aromatic carbocycles. The van der Waals surface area contributed by atoms with Crippen molar-refractivity contribution in [2.24, 2.45) is 11.3 Å². The number of fused-ring (bicyclic) bond motifs is 2. The Bertz CT molecular complexity index is 2930. The number of benzene rings is 3. The summed E-state index contributed by atoms with van der Waals surface area (Å²) in [5, 5.41) is 23.3. The number of nitro groups is 1. The molecule has 3 N–H and O–H groups in total. The van der Waals surface area contributed by atoms with Gasteiger partial charge in [0.1, 0.15) is 24.1 Å². The van der Waals surface area contributed by atoms with Crippen molar-refractivity contribution in [3.05, 3.63) is 99.7 Å². The molecule has 0 bridgehead atoms.